The highest BCUT2D eigenvalue weighted by Gasteiger charge is 2.20. The molecule has 0 aliphatic carbocycles. The van der Waals surface area contributed by atoms with E-state index in [1.54, 1.807) is 0 Å². The molecule has 1 N–H and O–H groups in total. The molecule has 0 aromatic rings. The van der Waals surface area contributed by atoms with Crippen LogP contribution in [-0.2, 0) is 9.53 Å². The Balaban J connectivity index is 1.65. The molecule has 23 heavy (non-hydrogen) atoms. The van der Waals surface area contributed by atoms with Gasteiger partial charge in [-0.15, -0.1) is 0 Å². The van der Waals surface area contributed by atoms with Crippen LogP contribution >= 0.6 is 0 Å². The second kappa shape index (κ2) is 14.7. The fourth-order valence-corrected chi connectivity index (χ4v) is 2.88. The molecule has 0 spiro atoms. The lowest BCUT2D eigenvalue weighted by molar-refractivity contribution is -0.137. The van der Waals surface area contributed by atoms with Gasteiger partial charge in [0.25, 0.3) is 0 Å². The first kappa shape index (κ1) is 20.2. The van der Waals surface area contributed by atoms with Gasteiger partial charge in [0.2, 0.25) is 0 Å². The Morgan fingerprint density at radius 3 is 1.83 bits per heavy atom. The Labute approximate surface area is 142 Å². The molecule has 0 amide bonds. The van der Waals surface area contributed by atoms with Crippen molar-refractivity contribution in [1.29, 1.82) is 0 Å². The van der Waals surface area contributed by atoms with Crippen LogP contribution in [0, 0.1) is 0 Å². The van der Waals surface area contributed by atoms with Crippen molar-refractivity contribution in [2.75, 3.05) is 6.61 Å². The lowest BCUT2D eigenvalue weighted by Gasteiger charge is -2.02. The van der Waals surface area contributed by atoms with E-state index < -0.39 is 5.97 Å². The van der Waals surface area contributed by atoms with Crippen molar-refractivity contribution in [3.05, 3.63) is 12.2 Å². The second-order valence-corrected chi connectivity index (χ2v) is 6.83. The largest absolute Gasteiger partial charge is 0.481 e. The zero-order valence-corrected chi connectivity index (χ0v) is 14.8. The summed E-state index contributed by atoms with van der Waals surface area (Å²) in [6, 6.07) is 0. The average molecular weight is 325 g/mol. The predicted molar refractivity (Wildman–Crippen MR) is 95.8 cm³/mol. The molecule has 0 radical (unpaired) electrons. The molecule has 134 valence electrons. The molecule has 1 heterocycles. The van der Waals surface area contributed by atoms with E-state index in [1.807, 2.05) is 0 Å². The van der Waals surface area contributed by atoms with Gasteiger partial charge in [-0.25, -0.2) is 0 Å². The number of hydrogen-bond acceptors (Lipinski definition) is 2. The molecule has 1 unspecified atom stereocenters. The van der Waals surface area contributed by atoms with E-state index in [0.717, 1.165) is 19.4 Å². The van der Waals surface area contributed by atoms with Crippen LogP contribution in [0.2, 0.25) is 0 Å². The van der Waals surface area contributed by atoms with Crippen LogP contribution in [0.1, 0.15) is 96.3 Å². The molecular formula is C20H36O3. The Hall–Kier alpha value is -0.830. The smallest absolute Gasteiger partial charge is 0.303 e. The van der Waals surface area contributed by atoms with Crippen LogP contribution in [0.4, 0.5) is 0 Å². The molecule has 0 aromatic heterocycles. The van der Waals surface area contributed by atoms with E-state index in [9.17, 15) is 4.79 Å². The number of carboxylic acid groups (broad SMARTS) is 1. The van der Waals surface area contributed by atoms with Crippen molar-refractivity contribution >= 4 is 5.97 Å². The molecule has 1 saturated heterocycles. The van der Waals surface area contributed by atoms with Gasteiger partial charge >= 0.3 is 5.97 Å². The third kappa shape index (κ3) is 15.8. The van der Waals surface area contributed by atoms with Gasteiger partial charge in [-0.2, -0.15) is 0 Å². The number of epoxide rings is 1. The number of hydrogen-bond donors (Lipinski definition) is 1. The normalized spacial score (nSPS) is 17.0. The Bertz CT molecular complexity index is 308. The first-order valence-corrected chi connectivity index (χ1v) is 9.77. The Morgan fingerprint density at radius 1 is 0.826 bits per heavy atom. The van der Waals surface area contributed by atoms with Gasteiger partial charge in [0.15, 0.2) is 0 Å². The highest BCUT2D eigenvalue weighted by atomic mass is 16.6. The maximum Gasteiger partial charge on any atom is 0.303 e. The van der Waals surface area contributed by atoms with Crippen molar-refractivity contribution in [3.63, 3.8) is 0 Å². The summed E-state index contributed by atoms with van der Waals surface area (Å²) in [4.78, 5) is 10.4. The van der Waals surface area contributed by atoms with Gasteiger partial charge in [0.1, 0.15) is 0 Å². The van der Waals surface area contributed by atoms with E-state index in [4.69, 9.17) is 9.84 Å². The van der Waals surface area contributed by atoms with Gasteiger partial charge in [-0.05, 0) is 32.1 Å². The van der Waals surface area contributed by atoms with E-state index in [-0.39, 0.29) is 0 Å². The van der Waals surface area contributed by atoms with E-state index >= 15 is 0 Å². The third-order valence-electron chi connectivity index (χ3n) is 4.49. The molecule has 1 rings (SSSR count). The zero-order valence-electron chi connectivity index (χ0n) is 14.8. The summed E-state index contributed by atoms with van der Waals surface area (Å²) in [6.45, 7) is 0.985. The first-order valence-electron chi connectivity index (χ1n) is 9.77. The maximum atomic E-state index is 10.4. The van der Waals surface area contributed by atoms with Crippen molar-refractivity contribution < 1.29 is 14.6 Å². The van der Waals surface area contributed by atoms with Gasteiger partial charge in [-0.3, -0.25) is 4.79 Å². The SMILES string of the molecule is O=C(O)CCCCCCCCCCCCC/C=C\CCC1CO1. The lowest BCUT2D eigenvalue weighted by atomic mass is 10.0. The summed E-state index contributed by atoms with van der Waals surface area (Å²) >= 11 is 0. The summed E-state index contributed by atoms with van der Waals surface area (Å²) < 4.78 is 5.19. The minimum Gasteiger partial charge on any atom is -0.481 e. The van der Waals surface area contributed by atoms with Crippen molar-refractivity contribution in [2.24, 2.45) is 0 Å². The van der Waals surface area contributed by atoms with Crippen molar-refractivity contribution in [3.8, 4) is 0 Å². The fraction of sp³-hybridized carbons (Fsp3) is 0.850. The number of unbranched alkanes of at least 4 members (excludes halogenated alkanes) is 11. The fourth-order valence-electron chi connectivity index (χ4n) is 2.88. The van der Waals surface area contributed by atoms with Crippen LogP contribution in [-0.4, -0.2) is 23.8 Å². The number of rotatable bonds is 17. The monoisotopic (exact) mass is 324 g/mol. The number of ether oxygens (including phenoxy) is 1. The standard InChI is InChI=1S/C20H36O3/c21-20(22)17-15-13-11-9-7-5-3-1-2-4-6-8-10-12-14-16-19-18-23-19/h10,12,19H,1-9,11,13-18H2,(H,21,22)/b12-10-. The molecule has 0 saturated carbocycles. The molecule has 3 heteroatoms. The van der Waals surface area contributed by atoms with E-state index in [2.05, 4.69) is 12.2 Å². The average Bonchev–Trinajstić information content (AvgIpc) is 3.34. The van der Waals surface area contributed by atoms with Crippen LogP contribution in [0.25, 0.3) is 0 Å². The van der Waals surface area contributed by atoms with Gasteiger partial charge in [-0.1, -0.05) is 69.9 Å². The summed E-state index contributed by atoms with van der Waals surface area (Å²) in [5.74, 6) is -0.659. The highest BCUT2D eigenvalue weighted by molar-refractivity contribution is 5.66. The van der Waals surface area contributed by atoms with Crippen molar-refractivity contribution in [1.82, 2.24) is 0 Å². The topological polar surface area (TPSA) is 49.8 Å². The first-order chi connectivity index (χ1) is 11.3. The van der Waals surface area contributed by atoms with Gasteiger partial charge in [0.05, 0.1) is 12.7 Å². The van der Waals surface area contributed by atoms with Crippen LogP contribution in [0.3, 0.4) is 0 Å². The Morgan fingerprint density at radius 2 is 1.30 bits per heavy atom. The van der Waals surface area contributed by atoms with Crippen LogP contribution in [0.5, 0.6) is 0 Å². The second-order valence-electron chi connectivity index (χ2n) is 6.83. The molecule has 1 aliphatic heterocycles. The van der Waals surface area contributed by atoms with E-state index in [1.165, 1.54) is 77.0 Å². The highest BCUT2D eigenvalue weighted by Crippen LogP contribution is 2.16. The maximum absolute atomic E-state index is 10.4. The molecule has 1 atom stereocenters. The lowest BCUT2D eigenvalue weighted by Crippen LogP contribution is -1.93. The van der Waals surface area contributed by atoms with E-state index in [0.29, 0.717) is 12.5 Å². The quantitative estimate of drug-likeness (QED) is 0.206. The minimum atomic E-state index is -0.659. The number of carbonyl (C=O) groups is 1. The zero-order chi connectivity index (χ0) is 16.6. The number of allylic oxidation sites excluding steroid dienone is 2. The van der Waals surface area contributed by atoms with Crippen molar-refractivity contribution in [2.45, 2.75) is 102 Å². The van der Waals surface area contributed by atoms with Crippen LogP contribution in [0.15, 0.2) is 12.2 Å². The van der Waals surface area contributed by atoms with Crippen LogP contribution < -0.4 is 0 Å². The Kier molecular flexibility index (Phi) is 13.0. The predicted octanol–water partition coefficient (Wildman–Crippen LogP) is 5.88. The molecular weight excluding hydrogens is 288 g/mol. The summed E-state index contributed by atoms with van der Waals surface area (Å²) in [7, 11) is 0. The van der Waals surface area contributed by atoms with Gasteiger partial charge in [0, 0.05) is 6.42 Å². The molecule has 0 aromatic carbocycles. The summed E-state index contributed by atoms with van der Waals surface area (Å²) in [5, 5.41) is 8.54. The minimum absolute atomic E-state index is 0.337. The van der Waals surface area contributed by atoms with Gasteiger partial charge < -0.3 is 9.84 Å². The number of carboxylic acids is 1. The summed E-state index contributed by atoms with van der Waals surface area (Å²) in [6.07, 6.45) is 23.1. The molecule has 1 aliphatic rings. The molecule has 0 bridgehead atoms. The summed E-state index contributed by atoms with van der Waals surface area (Å²) in [5.41, 5.74) is 0. The molecule has 3 nitrogen and oxygen atoms in total. The molecule has 1 fully saturated rings. The third-order valence-corrected chi connectivity index (χ3v) is 4.49. The number of aliphatic carboxylic acids is 1.